The topological polar surface area (TPSA) is 101 Å². The number of hydrogen-bond acceptors (Lipinski definition) is 5. The second-order valence-electron chi connectivity index (χ2n) is 6.71. The van der Waals surface area contributed by atoms with E-state index in [4.69, 9.17) is 10.9 Å². The first kappa shape index (κ1) is 19.4. The van der Waals surface area contributed by atoms with Gasteiger partial charge in [-0.3, -0.25) is 0 Å². The molecule has 0 saturated carbocycles. The zero-order valence-corrected chi connectivity index (χ0v) is 16.2. The Morgan fingerprint density at radius 3 is 2.18 bits per heavy atom. The number of amidine groups is 1. The quantitative estimate of drug-likeness (QED) is 0.237. The second kappa shape index (κ2) is 9.03. The van der Waals surface area contributed by atoms with E-state index >= 15 is 0 Å². The summed E-state index contributed by atoms with van der Waals surface area (Å²) in [6.07, 6.45) is 5.53. The third kappa shape index (κ3) is 4.31. The summed E-state index contributed by atoms with van der Waals surface area (Å²) in [5.41, 5.74) is 9.40. The maximum absolute atomic E-state index is 8.74. The van der Waals surface area contributed by atoms with Crippen molar-refractivity contribution in [3.63, 3.8) is 0 Å². The van der Waals surface area contributed by atoms with Gasteiger partial charge in [0.2, 0.25) is 0 Å². The summed E-state index contributed by atoms with van der Waals surface area (Å²) in [5.74, 6) is 0.586. The minimum atomic E-state index is 0.0939. The number of hydrogen-bond donors (Lipinski definition) is 3. The van der Waals surface area contributed by atoms with Gasteiger partial charge in [-0.1, -0.05) is 44.0 Å². The Balaban J connectivity index is 1.78. The van der Waals surface area contributed by atoms with Crippen LogP contribution in [-0.2, 0) is 0 Å². The lowest BCUT2D eigenvalue weighted by molar-refractivity contribution is 0.318. The zero-order valence-electron chi connectivity index (χ0n) is 16.2. The van der Waals surface area contributed by atoms with E-state index in [1.807, 2.05) is 16.8 Å². The fourth-order valence-electron chi connectivity index (χ4n) is 3.45. The van der Waals surface area contributed by atoms with Crippen molar-refractivity contribution >= 4 is 17.2 Å². The molecule has 4 N–H and O–H groups in total. The Bertz CT molecular complexity index is 884. The Kier molecular flexibility index (Phi) is 6.26. The smallest absolute Gasteiger partial charge is 0.170 e. The van der Waals surface area contributed by atoms with E-state index in [1.54, 1.807) is 24.8 Å². The average molecular weight is 378 g/mol. The number of aromatic nitrogens is 3. The molecule has 1 unspecified atom stereocenters. The highest BCUT2D eigenvalue weighted by Gasteiger charge is 2.23. The van der Waals surface area contributed by atoms with Crippen LogP contribution in [0.4, 0.5) is 11.4 Å². The molecule has 28 heavy (non-hydrogen) atoms. The molecule has 0 aliphatic heterocycles. The van der Waals surface area contributed by atoms with E-state index in [1.165, 1.54) is 5.56 Å². The molecule has 0 saturated heterocycles. The van der Waals surface area contributed by atoms with Gasteiger partial charge in [-0.25, -0.2) is 9.67 Å². The lowest BCUT2D eigenvalue weighted by atomic mass is 9.89. The van der Waals surface area contributed by atoms with Gasteiger partial charge in [0, 0.05) is 16.9 Å². The highest BCUT2D eigenvalue weighted by atomic mass is 16.4. The normalized spacial score (nSPS) is 12.9. The average Bonchev–Trinajstić information content (AvgIpc) is 3.27. The van der Waals surface area contributed by atoms with Crippen LogP contribution < -0.4 is 11.1 Å². The van der Waals surface area contributed by atoms with Gasteiger partial charge in [-0.15, -0.1) is 0 Å². The van der Waals surface area contributed by atoms with Gasteiger partial charge in [-0.05, 0) is 47.9 Å². The molecule has 7 heteroatoms. The maximum atomic E-state index is 8.74. The summed E-state index contributed by atoms with van der Waals surface area (Å²) in [4.78, 5) is 4.13. The molecule has 146 valence electrons. The summed E-state index contributed by atoms with van der Waals surface area (Å²) >= 11 is 0. The van der Waals surface area contributed by atoms with E-state index < -0.39 is 0 Å². The first-order valence-electron chi connectivity index (χ1n) is 9.45. The van der Waals surface area contributed by atoms with Crippen LogP contribution in [0.15, 0.2) is 66.3 Å². The molecular weight excluding hydrogens is 352 g/mol. The molecule has 0 amide bonds. The SMILES string of the molecule is CCC(CC)C(c1ccc(Nc2ccc(C(N)=NO)cc2)cc1)n1cncn1. The van der Waals surface area contributed by atoms with E-state index in [9.17, 15) is 0 Å². The van der Waals surface area contributed by atoms with E-state index in [-0.39, 0.29) is 11.9 Å². The van der Waals surface area contributed by atoms with E-state index in [0.717, 1.165) is 24.2 Å². The Hall–Kier alpha value is -3.35. The van der Waals surface area contributed by atoms with Crippen molar-refractivity contribution in [1.29, 1.82) is 0 Å². The summed E-state index contributed by atoms with van der Waals surface area (Å²) in [6.45, 7) is 4.43. The number of rotatable bonds is 8. The van der Waals surface area contributed by atoms with Gasteiger partial charge in [0.15, 0.2) is 5.84 Å². The van der Waals surface area contributed by atoms with Crippen molar-refractivity contribution < 1.29 is 5.21 Å². The molecule has 3 rings (SSSR count). The highest BCUT2D eigenvalue weighted by molar-refractivity contribution is 5.97. The van der Waals surface area contributed by atoms with Crippen molar-refractivity contribution in [3.05, 3.63) is 72.3 Å². The van der Waals surface area contributed by atoms with Crippen LogP contribution in [-0.4, -0.2) is 25.8 Å². The molecule has 0 fully saturated rings. The van der Waals surface area contributed by atoms with Crippen molar-refractivity contribution in [2.75, 3.05) is 5.32 Å². The molecule has 0 bridgehead atoms. The highest BCUT2D eigenvalue weighted by Crippen LogP contribution is 2.31. The van der Waals surface area contributed by atoms with Crippen LogP contribution in [0.25, 0.3) is 0 Å². The fraction of sp³-hybridized carbons (Fsp3) is 0.286. The van der Waals surface area contributed by atoms with Crippen molar-refractivity contribution in [2.45, 2.75) is 32.7 Å². The summed E-state index contributed by atoms with van der Waals surface area (Å²) in [6, 6.07) is 16.0. The van der Waals surface area contributed by atoms with Crippen LogP contribution in [0.5, 0.6) is 0 Å². The fourth-order valence-corrected chi connectivity index (χ4v) is 3.45. The van der Waals surface area contributed by atoms with Crippen molar-refractivity contribution in [1.82, 2.24) is 14.8 Å². The molecule has 7 nitrogen and oxygen atoms in total. The van der Waals surface area contributed by atoms with Crippen LogP contribution >= 0.6 is 0 Å². The van der Waals surface area contributed by atoms with Gasteiger partial charge in [-0.2, -0.15) is 5.10 Å². The van der Waals surface area contributed by atoms with Crippen molar-refractivity contribution in [2.24, 2.45) is 16.8 Å². The number of nitrogens with zero attached hydrogens (tertiary/aromatic N) is 4. The number of oxime groups is 1. The number of anilines is 2. The molecule has 0 aliphatic carbocycles. The summed E-state index contributed by atoms with van der Waals surface area (Å²) in [7, 11) is 0. The van der Waals surface area contributed by atoms with Crippen LogP contribution in [0, 0.1) is 5.92 Å². The number of benzene rings is 2. The lowest BCUT2D eigenvalue weighted by Crippen LogP contribution is -2.20. The molecule has 1 heterocycles. The summed E-state index contributed by atoms with van der Waals surface area (Å²) < 4.78 is 1.95. The first-order chi connectivity index (χ1) is 13.7. The zero-order chi connectivity index (χ0) is 19.9. The largest absolute Gasteiger partial charge is 0.409 e. The van der Waals surface area contributed by atoms with Crippen LogP contribution in [0.1, 0.15) is 43.9 Å². The van der Waals surface area contributed by atoms with E-state index in [0.29, 0.717) is 11.5 Å². The summed E-state index contributed by atoms with van der Waals surface area (Å²) in [5, 5.41) is 19.5. The second-order valence-corrected chi connectivity index (χ2v) is 6.71. The minimum Gasteiger partial charge on any atom is -0.409 e. The molecule has 3 aromatic rings. The monoisotopic (exact) mass is 378 g/mol. The molecule has 0 spiro atoms. The van der Waals surface area contributed by atoms with Gasteiger partial charge in [0.25, 0.3) is 0 Å². The lowest BCUT2D eigenvalue weighted by Gasteiger charge is -2.26. The Labute approximate surface area is 164 Å². The molecule has 0 aliphatic rings. The number of nitrogens with one attached hydrogen (secondary N) is 1. The third-order valence-electron chi connectivity index (χ3n) is 5.05. The van der Waals surface area contributed by atoms with Gasteiger partial charge in [0.1, 0.15) is 12.7 Å². The molecular formula is C21H26N6O. The van der Waals surface area contributed by atoms with Gasteiger partial charge < -0.3 is 16.3 Å². The maximum Gasteiger partial charge on any atom is 0.170 e. The predicted molar refractivity (Wildman–Crippen MR) is 111 cm³/mol. The number of nitrogens with two attached hydrogens (primary N) is 1. The first-order valence-corrected chi connectivity index (χ1v) is 9.45. The Morgan fingerprint density at radius 2 is 1.68 bits per heavy atom. The third-order valence-corrected chi connectivity index (χ3v) is 5.05. The molecule has 1 aromatic heterocycles. The van der Waals surface area contributed by atoms with Gasteiger partial charge >= 0.3 is 0 Å². The minimum absolute atomic E-state index is 0.0939. The molecule has 0 radical (unpaired) electrons. The van der Waals surface area contributed by atoms with Crippen molar-refractivity contribution in [3.8, 4) is 0 Å². The molecule has 1 atom stereocenters. The standard InChI is InChI=1S/C21H26N6O/c1-3-15(4-2)20(27-14-23-13-24-27)16-5-9-18(10-6-16)25-19-11-7-17(8-12-19)21(22)26-28/h5-15,20,25,28H,3-4H2,1-2H3,(H2,22,26). The predicted octanol–water partition coefficient (Wildman–Crippen LogP) is 4.14. The Morgan fingerprint density at radius 1 is 1.07 bits per heavy atom. The van der Waals surface area contributed by atoms with Gasteiger partial charge in [0.05, 0.1) is 6.04 Å². The molecule has 2 aromatic carbocycles. The van der Waals surface area contributed by atoms with Crippen LogP contribution in [0.3, 0.4) is 0 Å². The van der Waals surface area contributed by atoms with Crippen LogP contribution in [0.2, 0.25) is 0 Å². The van der Waals surface area contributed by atoms with E-state index in [2.05, 4.69) is 58.7 Å².